The van der Waals surface area contributed by atoms with Crippen LogP contribution in [0.25, 0.3) is 11.3 Å². The zero-order valence-corrected chi connectivity index (χ0v) is 14.1. The molecule has 0 unspecified atom stereocenters. The minimum Gasteiger partial charge on any atom is -0.256 e. The number of nitrogens with one attached hydrogen (secondary N) is 1. The second-order valence-electron chi connectivity index (χ2n) is 4.98. The highest BCUT2D eigenvalue weighted by Crippen LogP contribution is 2.23. The van der Waals surface area contributed by atoms with Gasteiger partial charge in [0.25, 0.3) is 0 Å². The van der Waals surface area contributed by atoms with Gasteiger partial charge in [0.2, 0.25) is 10.0 Å². The van der Waals surface area contributed by atoms with Crippen molar-refractivity contribution < 1.29 is 8.42 Å². The Hall–Kier alpha value is -2.53. The van der Waals surface area contributed by atoms with Crippen molar-refractivity contribution in [2.45, 2.75) is 11.4 Å². The van der Waals surface area contributed by atoms with Gasteiger partial charge in [0.15, 0.2) is 0 Å². The maximum absolute atomic E-state index is 12.4. The molecular weight excluding hydrogens is 342 g/mol. The Bertz CT molecular complexity index is 973. The van der Waals surface area contributed by atoms with E-state index < -0.39 is 10.0 Å². The maximum atomic E-state index is 12.4. The molecule has 2 heterocycles. The quantitative estimate of drug-likeness (QED) is 0.762. The lowest BCUT2D eigenvalue weighted by Gasteiger charge is -2.10. The summed E-state index contributed by atoms with van der Waals surface area (Å²) in [6, 6.07) is 13.3. The molecular formula is C17H13N3O2S2. The molecule has 0 atom stereocenters. The van der Waals surface area contributed by atoms with E-state index >= 15 is 0 Å². The number of pyridine rings is 1. The van der Waals surface area contributed by atoms with Crippen molar-refractivity contribution in [1.82, 2.24) is 9.71 Å². The molecule has 5 nitrogen and oxygen atoms in total. The highest BCUT2D eigenvalue weighted by Gasteiger charge is 2.15. The molecule has 0 bridgehead atoms. The van der Waals surface area contributed by atoms with Gasteiger partial charge in [0.1, 0.15) is 0 Å². The standard InChI is InChI=1S/C17H13N3O2S2/c18-10-13-3-5-16(6-4-13)24(21,22)20-11-14-2-1-8-19-17(14)15-7-9-23-12-15/h1-9,12,20H,11H2. The molecule has 7 heteroatoms. The third-order valence-electron chi connectivity index (χ3n) is 3.43. The van der Waals surface area contributed by atoms with Crippen molar-refractivity contribution in [2.75, 3.05) is 0 Å². The number of benzene rings is 1. The second kappa shape index (κ2) is 6.93. The van der Waals surface area contributed by atoms with Gasteiger partial charge in [-0.25, -0.2) is 13.1 Å². The molecule has 0 aliphatic heterocycles. The van der Waals surface area contributed by atoms with Crippen molar-refractivity contribution in [3.63, 3.8) is 0 Å². The Labute approximate surface area is 144 Å². The van der Waals surface area contributed by atoms with Gasteiger partial charge in [-0.3, -0.25) is 4.98 Å². The lowest BCUT2D eigenvalue weighted by molar-refractivity contribution is 0.581. The van der Waals surface area contributed by atoms with Crippen LogP contribution in [-0.2, 0) is 16.6 Å². The fraction of sp³-hybridized carbons (Fsp3) is 0.0588. The van der Waals surface area contributed by atoms with Gasteiger partial charge in [0, 0.05) is 23.7 Å². The molecule has 0 aliphatic rings. The van der Waals surface area contributed by atoms with Crippen LogP contribution < -0.4 is 4.72 Å². The summed E-state index contributed by atoms with van der Waals surface area (Å²) in [7, 11) is -3.65. The number of hydrogen-bond acceptors (Lipinski definition) is 5. The number of nitriles is 1. The van der Waals surface area contributed by atoms with E-state index in [9.17, 15) is 8.42 Å². The first-order valence-electron chi connectivity index (χ1n) is 7.06. The fourth-order valence-corrected chi connectivity index (χ4v) is 3.85. The summed E-state index contributed by atoms with van der Waals surface area (Å²) in [6.07, 6.45) is 1.69. The topological polar surface area (TPSA) is 82.8 Å². The molecule has 0 amide bonds. The molecule has 120 valence electrons. The SMILES string of the molecule is N#Cc1ccc(S(=O)(=O)NCc2cccnc2-c2ccsc2)cc1. The summed E-state index contributed by atoms with van der Waals surface area (Å²) in [5, 5.41) is 12.7. The number of aromatic nitrogens is 1. The molecule has 0 saturated carbocycles. The Morgan fingerprint density at radius 2 is 1.96 bits per heavy atom. The summed E-state index contributed by atoms with van der Waals surface area (Å²) >= 11 is 1.56. The minimum absolute atomic E-state index is 0.127. The molecule has 0 spiro atoms. The van der Waals surface area contributed by atoms with Crippen LogP contribution in [0, 0.1) is 11.3 Å². The van der Waals surface area contributed by atoms with Gasteiger partial charge < -0.3 is 0 Å². The summed E-state index contributed by atoms with van der Waals surface area (Å²) in [5.41, 5.74) is 2.95. The number of thiophene rings is 1. The van der Waals surface area contributed by atoms with E-state index in [-0.39, 0.29) is 11.4 Å². The number of rotatable bonds is 5. The first-order valence-corrected chi connectivity index (χ1v) is 9.49. The summed E-state index contributed by atoms with van der Waals surface area (Å²) < 4.78 is 27.4. The molecule has 0 aliphatic carbocycles. The Morgan fingerprint density at radius 3 is 2.62 bits per heavy atom. The molecule has 0 saturated heterocycles. The van der Waals surface area contributed by atoms with Crippen LogP contribution in [0.15, 0.2) is 64.3 Å². The van der Waals surface area contributed by atoms with Crippen LogP contribution in [0.2, 0.25) is 0 Å². The van der Waals surface area contributed by atoms with E-state index in [0.29, 0.717) is 5.56 Å². The van der Waals surface area contributed by atoms with Crippen LogP contribution >= 0.6 is 11.3 Å². The van der Waals surface area contributed by atoms with E-state index in [0.717, 1.165) is 16.8 Å². The predicted molar refractivity (Wildman–Crippen MR) is 92.7 cm³/mol. The summed E-state index contributed by atoms with van der Waals surface area (Å²) in [4.78, 5) is 4.48. The normalized spacial score (nSPS) is 11.1. The molecule has 2 aromatic heterocycles. The molecule has 3 rings (SSSR count). The number of sulfonamides is 1. The van der Waals surface area contributed by atoms with Crippen molar-refractivity contribution in [2.24, 2.45) is 0 Å². The zero-order valence-electron chi connectivity index (χ0n) is 12.5. The van der Waals surface area contributed by atoms with Gasteiger partial charge in [-0.2, -0.15) is 16.6 Å². The first kappa shape index (κ1) is 16.3. The zero-order chi connectivity index (χ0) is 17.0. The second-order valence-corrected chi connectivity index (χ2v) is 7.53. The summed E-state index contributed by atoms with van der Waals surface area (Å²) in [5.74, 6) is 0. The van der Waals surface area contributed by atoms with Gasteiger partial charge in [0.05, 0.1) is 22.2 Å². The maximum Gasteiger partial charge on any atom is 0.240 e. The van der Waals surface area contributed by atoms with Crippen LogP contribution in [0.1, 0.15) is 11.1 Å². The first-order chi connectivity index (χ1) is 11.6. The van der Waals surface area contributed by atoms with Crippen LogP contribution in [0.5, 0.6) is 0 Å². The predicted octanol–water partition coefficient (Wildman–Crippen LogP) is 3.16. The van der Waals surface area contributed by atoms with E-state index in [2.05, 4.69) is 9.71 Å². The smallest absolute Gasteiger partial charge is 0.240 e. The van der Waals surface area contributed by atoms with E-state index in [1.165, 1.54) is 24.3 Å². The van der Waals surface area contributed by atoms with Gasteiger partial charge in [-0.1, -0.05) is 6.07 Å². The molecule has 1 N–H and O–H groups in total. The highest BCUT2D eigenvalue weighted by atomic mass is 32.2. The number of nitrogens with zero attached hydrogens (tertiary/aromatic N) is 2. The van der Waals surface area contributed by atoms with Gasteiger partial charge in [-0.15, -0.1) is 0 Å². The van der Waals surface area contributed by atoms with Crippen molar-refractivity contribution in [3.05, 3.63) is 70.5 Å². The minimum atomic E-state index is -3.65. The van der Waals surface area contributed by atoms with E-state index in [1.807, 2.05) is 29.0 Å². The van der Waals surface area contributed by atoms with Crippen LogP contribution in [0.3, 0.4) is 0 Å². The van der Waals surface area contributed by atoms with Crippen molar-refractivity contribution >= 4 is 21.4 Å². The average Bonchev–Trinajstić information content (AvgIpc) is 3.15. The number of hydrogen-bond donors (Lipinski definition) is 1. The van der Waals surface area contributed by atoms with Gasteiger partial charge in [-0.05, 0) is 47.3 Å². The van der Waals surface area contributed by atoms with Crippen molar-refractivity contribution in [1.29, 1.82) is 5.26 Å². The van der Waals surface area contributed by atoms with E-state index in [1.54, 1.807) is 23.6 Å². The Morgan fingerprint density at radius 1 is 1.17 bits per heavy atom. The molecule has 1 aromatic carbocycles. The fourth-order valence-electron chi connectivity index (χ4n) is 2.21. The third-order valence-corrected chi connectivity index (χ3v) is 5.53. The molecule has 3 aromatic rings. The molecule has 0 fully saturated rings. The third kappa shape index (κ3) is 3.51. The molecule has 24 heavy (non-hydrogen) atoms. The van der Waals surface area contributed by atoms with E-state index in [4.69, 9.17) is 5.26 Å². The van der Waals surface area contributed by atoms with Crippen molar-refractivity contribution in [3.8, 4) is 17.3 Å². The average molecular weight is 355 g/mol. The lowest BCUT2D eigenvalue weighted by atomic mass is 10.1. The Balaban J connectivity index is 1.82. The largest absolute Gasteiger partial charge is 0.256 e. The van der Waals surface area contributed by atoms with Gasteiger partial charge >= 0.3 is 0 Å². The molecule has 0 radical (unpaired) electrons. The van der Waals surface area contributed by atoms with Crippen LogP contribution in [-0.4, -0.2) is 13.4 Å². The Kier molecular flexibility index (Phi) is 4.71. The summed E-state index contributed by atoms with van der Waals surface area (Å²) in [6.45, 7) is 0.140. The lowest BCUT2D eigenvalue weighted by Crippen LogP contribution is -2.23. The van der Waals surface area contributed by atoms with Crippen LogP contribution in [0.4, 0.5) is 0 Å². The monoisotopic (exact) mass is 355 g/mol. The highest BCUT2D eigenvalue weighted by molar-refractivity contribution is 7.89.